The summed E-state index contributed by atoms with van der Waals surface area (Å²) in [5.41, 5.74) is 4.80. The molecule has 0 aliphatic rings. The first-order valence-corrected chi connectivity index (χ1v) is 10.0. The van der Waals surface area contributed by atoms with Gasteiger partial charge in [-0.05, 0) is 34.6 Å². The largest absolute Gasteiger partial charge is 0.338 e. The van der Waals surface area contributed by atoms with Crippen molar-refractivity contribution in [2.75, 3.05) is 0 Å². The van der Waals surface area contributed by atoms with Crippen LogP contribution < -0.4 is 0 Å². The fourth-order valence-electron chi connectivity index (χ4n) is 3.50. The maximum atomic E-state index is 4.18. The normalized spacial score (nSPS) is 13.7. The third-order valence-corrected chi connectivity index (χ3v) is 5.96. The van der Waals surface area contributed by atoms with Gasteiger partial charge in [-0.1, -0.05) is 67.9 Å². The van der Waals surface area contributed by atoms with Crippen molar-refractivity contribution in [3.05, 3.63) is 78.9 Å². The zero-order chi connectivity index (χ0) is 16.8. The highest BCUT2D eigenvalue weighted by atomic mass is 28.1. The second-order valence-corrected chi connectivity index (χ2v) is 8.10. The van der Waals surface area contributed by atoms with Gasteiger partial charge in [-0.3, -0.25) is 0 Å². The molecule has 2 atom stereocenters. The summed E-state index contributed by atoms with van der Waals surface area (Å²) < 4.78 is 2.22. The molecular formula is C21H26N2Si. The molecule has 0 saturated heterocycles. The minimum absolute atomic E-state index is 0.647. The van der Waals surface area contributed by atoms with Crippen LogP contribution >= 0.6 is 0 Å². The number of benzene rings is 2. The Kier molecular flexibility index (Phi) is 5.65. The van der Waals surface area contributed by atoms with E-state index in [1.54, 1.807) is 0 Å². The quantitative estimate of drug-likeness (QED) is 0.589. The van der Waals surface area contributed by atoms with E-state index in [1.165, 1.54) is 39.8 Å². The van der Waals surface area contributed by atoms with Gasteiger partial charge in [0.05, 0.1) is 6.33 Å². The van der Waals surface area contributed by atoms with Gasteiger partial charge in [-0.25, -0.2) is 4.98 Å². The van der Waals surface area contributed by atoms with E-state index < -0.39 is 0 Å². The Bertz CT molecular complexity index is 720. The Morgan fingerprint density at radius 1 is 1.00 bits per heavy atom. The van der Waals surface area contributed by atoms with Gasteiger partial charge in [-0.2, -0.15) is 0 Å². The molecule has 24 heavy (non-hydrogen) atoms. The Morgan fingerprint density at radius 3 is 2.33 bits per heavy atom. The molecule has 2 nitrogen and oxygen atoms in total. The number of imidazole rings is 1. The van der Waals surface area contributed by atoms with Crippen molar-refractivity contribution in [3.63, 3.8) is 0 Å². The minimum Gasteiger partial charge on any atom is -0.338 e. The highest BCUT2D eigenvalue weighted by Crippen LogP contribution is 2.34. The molecule has 1 heterocycles. The molecule has 2 unspecified atom stereocenters. The van der Waals surface area contributed by atoms with E-state index in [4.69, 9.17) is 0 Å². The van der Waals surface area contributed by atoms with Gasteiger partial charge in [0.25, 0.3) is 0 Å². The van der Waals surface area contributed by atoms with Crippen molar-refractivity contribution in [1.82, 2.24) is 9.55 Å². The molecule has 3 heteroatoms. The molecule has 0 saturated carbocycles. The molecule has 0 spiro atoms. The van der Waals surface area contributed by atoms with Crippen molar-refractivity contribution < 1.29 is 0 Å². The summed E-state index contributed by atoms with van der Waals surface area (Å²) in [4.78, 5) is 4.18. The SMILES string of the molecule is CCCC(c1ccc(-c2ccccc2)cc1)C([SiH3])Cn1ccnc1. The van der Waals surface area contributed by atoms with Crippen LogP contribution in [0.3, 0.4) is 0 Å². The summed E-state index contributed by atoms with van der Waals surface area (Å²) in [7, 11) is 1.19. The number of hydrogen-bond donors (Lipinski definition) is 0. The lowest BCUT2D eigenvalue weighted by atomic mass is 9.89. The second kappa shape index (κ2) is 8.11. The van der Waals surface area contributed by atoms with E-state index in [2.05, 4.69) is 77.3 Å². The molecule has 0 radical (unpaired) electrons. The Balaban J connectivity index is 1.78. The van der Waals surface area contributed by atoms with Gasteiger partial charge in [0.1, 0.15) is 0 Å². The zero-order valence-corrected chi connectivity index (χ0v) is 16.6. The molecule has 0 amide bonds. The van der Waals surface area contributed by atoms with Gasteiger partial charge in [0, 0.05) is 29.2 Å². The Hall–Kier alpha value is -2.13. The van der Waals surface area contributed by atoms with E-state index in [-0.39, 0.29) is 0 Å². The van der Waals surface area contributed by atoms with E-state index in [9.17, 15) is 0 Å². The lowest BCUT2D eigenvalue weighted by Crippen LogP contribution is -2.13. The summed E-state index contributed by atoms with van der Waals surface area (Å²) in [6, 6.07) is 19.8. The molecular weight excluding hydrogens is 308 g/mol. The maximum Gasteiger partial charge on any atom is 0.0945 e. The summed E-state index contributed by atoms with van der Waals surface area (Å²) in [5, 5.41) is 0. The number of aromatic nitrogens is 2. The zero-order valence-electron chi connectivity index (χ0n) is 14.6. The van der Waals surface area contributed by atoms with Crippen LogP contribution in [0.2, 0.25) is 5.54 Å². The average Bonchev–Trinajstić information content (AvgIpc) is 3.13. The summed E-state index contributed by atoms with van der Waals surface area (Å²) in [5.74, 6) is 0.647. The van der Waals surface area contributed by atoms with Crippen LogP contribution in [0, 0.1) is 0 Å². The summed E-state index contributed by atoms with van der Waals surface area (Å²) >= 11 is 0. The molecule has 0 fully saturated rings. The van der Waals surface area contributed by atoms with Crippen molar-refractivity contribution in [3.8, 4) is 11.1 Å². The van der Waals surface area contributed by atoms with Crippen molar-refractivity contribution >= 4 is 10.2 Å². The molecule has 1 aromatic heterocycles. The van der Waals surface area contributed by atoms with Gasteiger partial charge in [0.2, 0.25) is 0 Å². The number of hydrogen-bond acceptors (Lipinski definition) is 1. The second-order valence-electron chi connectivity index (χ2n) is 6.62. The predicted octanol–water partition coefficient (Wildman–Crippen LogP) is 4.29. The standard InChI is InChI=1S/C21H26N2Si/c1-2-6-20(21(24)15-23-14-13-22-16-23)19-11-9-18(10-12-19)17-7-4-3-5-8-17/h3-5,7-14,16,20-21H,2,6,15H2,1,24H3. The first-order valence-electron chi connectivity index (χ1n) is 8.89. The van der Waals surface area contributed by atoms with Crippen LogP contribution in [0.5, 0.6) is 0 Å². The predicted molar refractivity (Wildman–Crippen MR) is 105 cm³/mol. The number of nitrogens with zero attached hydrogens (tertiary/aromatic N) is 2. The first kappa shape index (κ1) is 16.7. The van der Waals surface area contributed by atoms with Crippen LogP contribution in [0.15, 0.2) is 73.3 Å². The third kappa shape index (κ3) is 4.03. The van der Waals surface area contributed by atoms with Crippen LogP contribution in [-0.2, 0) is 6.54 Å². The maximum absolute atomic E-state index is 4.18. The highest BCUT2D eigenvalue weighted by Gasteiger charge is 2.19. The Morgan fingerprint density at radius 2 is 1.71 bits per heavy atom. The molecule has 3 aromatic rings. The fraction of sp³-hybridized carbons (Fsp3) is 0.286. The lowest BCUT2D eigenvalue weighted by Gasteiger charge is -2.25. The highest BCUT2D eigenvalue weighted by molar-refractivity contribution is 6.12. The first-order chi connectivity index (χ1) is 11.8. The van der Waals surface area contributed by atoms with Crippen LogP contribution in [0.4, 0.5) is 0 Å². The van der Waals surface area contributed by atoms with Crippen LogP contribution in [0.25, 0.3) is 11.1 Å². The third-order valence-electron chi connectivity index (χ3n) is 4.79. The summed E-state index contributed by atoms with van der Waals surface area (Å²) in [6.45, 7) is 3.37. The van der Waals surface area contributed by atoms with E-state index in [1.807, 2.05) is 12.5 Å². The van der Waals surface area contributed by atoms with E-state index >= 15 is 0 Å². The van der Waals surface area contributed by atoms with Crippen molar-refractivity contribution in [1.29, 1.82) is 0 Å². The van der Waals surface area contributed by atoms with Crippen LogP contribution in [-0.4, -0.2) is 19.8 Å². The molecule has 0 bridgehead atoms. The molecule has 124 valence electrons. The van der Waals surface area contributed by atoms with Crippen LogP contribution in [0.1, 0.15) is 31.2 Å². The van der Waals surface area contributed by atoms with Gasteiger partial charge < -0.3 is 4.57 Å². The van der Waals surface area contributed by atoms with Crippen molar-refractivity contribution in [2.24, 2.45) is 0 Å². The lowest BCUT2D eigenvalue weighted by molar-refractivity contribution is 0.513. The topological polar surface area (TPSA) is 17.8 Å². The number of rotatable bonds is 7. The van der Waals surface area contributed by atoms with E-state index in [0.717, 1.165) is 12.1 Å². The van der Waals surface area contributed by atoms with E-state index in [0.29, 0.717) is 5.92 Å². The van der Waals surface area contributed by atoms with Gasteiger partial charge in [0.15, 0.2) is 0 Å². The van der Waals surface area contributed by atoms with Gasteiger partial charge >= 0.3 is 0 Å². The molecule has 2 aromatic carbocycles. The molecule has 0 aliphatic carbocycles. The monoisotopic (exact) mass is 334 g/mol. The molecule has 3 rings (SSSR count). The molecule has 0 aliphatic heterocycles. The van der Waals surface area contributed by atoms with Gasteiger partial charge in [-0.15, -0.1) is 0 Å². The Labute approximate surface area is 148 Å². The summed E-state index contributed by atoms with van der Waals surface area (Å²) in [6.07, 6.45) is 8.37. The fourth-order valence-corrected chi connectivity index (χ4v) is 4.64. The molecule has 0 N–H and O–H groups in total. The average molecular weight is 335 g/mol. The van der Waals surface area contributed by atoms with Crippen molar-refractivity contribution in [2.45, 2.75) is 37.8 Å². The smallest absolute Gasteiger partial charge is 0.0945 e. The minimum atomic E-state index is 0.647.